The normalized spacial score (nSPS) is 10.6. The van der Waals surface area contributed by atoms with Crippen molar-refractivity contribution >= 4 is 17.4 Å². The van der Waals surface area contributed by atoms with E-state index >= 15 is 0 Å². The molecular formula is C14H20N4S. The molecule has 1 aromatic carbocycles. The Morgan fingerprint density at radius 2 is 2.21 bits per heavy atom. The van der Waals surface area contributed by atoms with Crippen LogP contribution < -0.4 is 5.32 Å². The summed E-state index contributed by atoms with van der Waals surface area (Å²) in [6.45, 7) is 1.02. The number of aromatic nitrogens is 3. The molecule has 4 nitrogen and oxygen atoms in total. The fraction of sp³-hybridized carbons (Fsp3) is 0.429. The van der Waals surface area contributed by atoms with Gasteiger partial charge in [-0.15, -0.1) is 10.2 Å². The first-order chi connectivity index (χ1) is 9.31. The Morgan fingerprint density at radius 1 is 1.32 bits per heavy atom. The van der Waals surface area contributed by atoms with Gasteiger partial charge in [0.15, 0.2) is 5.82 Å². The molecule has 0 amide bonds. The van der Waals surface area contributed by atoms with Crippen molar-refractivity contribution in [2.45, 2.75) is 12.8 Å². The van der Waals surface area contributed by atoms with Crippen molar-refractivity contribution in [2.24, 2.45) is 7.05 Å². The Balaban J connectivity index is 1.94. The molecule has 1 aromatic heterocycles. The van der Waals surface area contributed by atoms with E-state index in [1.54, 1.807) is 6.33 Å². The molecule has 0 bridgehead atoms. The molecule has 0 fully saturated rings. The van der Waals surface area contributed by atoms with Gasteiger partial charge in [0.25, 0.3) is 0 Å². The maximum Gasteiger partial charge on any atom is 0.163 e. The highest BCUT2D eigenvalue weighted by molar-refractivity contribution is 7.98. The first kappa shape index (κ1) is 13.9. The standard InChI is InChI=1S/C14H20N4S/c1-18-11-16-17-14(18)12-6-5-7-13(10-12)15-8-3-4-9-19-2/h5-7,10-11,15H,3-4,8-9H2,1-2H3. The quantitative estimate of drug-likeness (QED) is 0.789. The van der Waals surface area contributed by atoms with Crippen LogP contribution in [0.25, 0.3) is 11.4 Å². The van der Waals surface area contributed by atoms with Crippen molar-refractivity contribution in [1.82, 2.24) is 14.8 Å². The maximum atomic E-state index is 4.13. The summed E-state index contributed by atoms with van der Waals surface area (Å²) in [6, 6.07) is 8.32. The number of hydrogen-bond acceptors (Lipinski definition) is 4. The van der Waals surface area contributed by atoms with Crippen molar-refractivity contribution in [1.29, 1.82) is 0 Å². The number of rotatable bonds is 7. The molecule has 2 aromatic rings. The first-order valence-corrected chi connectivity index (χ1v) is 7.88. The average Bonchev–Trinajstić information content (AvgIpc) is 2.85. The van der Waals surface area contributed by atoms with Crippen LogP contribution in [0, 0.1) is 0 Å². The average molecular weight is 276 g/mol. The van der Waals surface area contributed by atoms with Crippen LogP contribution in [0.5, 0.6) is 0 Å². The molecule has 1 N–H and O–H groups in total. The predicted molar refractivity (Wildman–Crippen MR) is 82.5 cm³/mol. The van der Waals surface area contributed by atoms with E-state index in [4.69, 9.17) is 0 Å². The predicted octanol–water partition coefficient (Wildman–Crippen LogP) is 3.04. The topological polar surface area (TPSA) is 42.7 Å². The molecule has 0 aliphatic carbocycles. The SMILES string of the molecule is CSCCCCNc1cccc(-c2nncn2C)c1. The van der Waals surface area contributed by atoms with Crippen molar-refractivity contribution in [3.8, 4) is 11.4 Å². The highest BCUT2D eigenvalue weighted by Gasteiger charge is 2.04. The van der Waals surface area contributed by atoms with Crippen LogP contribution in [0.3, 0.4) is 0 Å². The molecule has 0 atom stereocenters. The summed E-state index contributed by atoms with van der Waals surface area (Å²) in [7, 11) is 1.96. The Hall–Kier alpha value is -1.49. The molecule has 2 rings (SSSR count). The lowest BCUT2D eigenvalue weighted by Crippen LogP contribution is -2.02. The van der Waals surface area contributed by atoms with Crippen LogP contribution in [0.1, 0.15) is 12.8 Å². The van der Waals surface area contributed by atoms with Gasteiger partial charge < -0.3 is 9.88 Å². The number of nitrogens with one attached hydrogen (secondary N) is 1. The molecule has 0 aliphatic rings. The molecule has 0 saturated carbocycles. The third kappa shape index (κ3) is 3.99. The van der Waals surface area contributed by atoms with E-state index in [2.05, 4.69) is 40.0 Å². The zero-order chi connectivity index (χ0) is 13.5. The Labute approximate surface area is 118 Å². The number of thioether (sulfide) groups is 1. The van der Waals surface area contributed by atoms with Crippen molar-refractivity contribution in [3.05, 3.63) is 30.6 Å². The molecular weight excluding hydrogens is 256 g/mol. The molecule has 0 unspecified atom stereocenters. The molecule has 19 heavy (non-hydrogen) atoms. The second kappa shape index (κ2) is 7.19. The van der Waals surface area contributed by atoms with Crippen molar-refractivity contribution in [2.75, 3.05) is 23.9 Å². The lowest BCUT2D eigenvalue weighted by atomic mass is 10.2. The zero-order valence-electron chi connectivity index (χ0n) is 11.5. The van der Waals surface area contributed by atoms with Crippen LogP contribution in [0.4, 0.5) is 5.69 Å². The highest BCUT2D eigenvalue weighted by Crippen LogP contribution is 2.20. The van der Waals surface area contributed by atoms with E-state index in [9.17, 15) is 0 Å². The summed E-state index contributed by atoms with van der Waals surface area (Å²) in [4.78, 5) is 0. The van der Waals surface area contributed by atoms with Crippen molar-refractivity contribution < 1.29 is 0 Å². The summed E-state index contributed by atoms with van der Waals surface area (Å²) in [6.07, 6.45) is 6.34. The van der Waals surface area contributed by atoms with Gasteiger partial charge in [-0.05, 0) is 37.0 Å². The van der Waals surface area contributed by atoms with Crippen LogP contribution in [-0.2, 0) is 7.05 Å². The lowest BCUT2D eigenvalue weighted by Gasteiger charge is -2.08. The van der Waals surface area contributed by atoms with Gasteiger partial charge in [-0.1, -0.05) is 12.1 Å². The summed E-state index contributed by atoms with van der Waals surface area (Å²) in [5, 5.41) is 11.5. The molecule has 0 aliphatic heterocycles. The minimum absolute atomic E-state index is 0.894. The first-order valence-electron chi connectivity index (χ1n) is 6.48. The summed E-state index contributed by atoms with van der Waals surface area (Å²) >= 11 is 1.90. The van der Waals surface area contributed by atoms with Crippen LogP contribution in [-0.4, -0.2) is 33.3 Å². The maximum absolute atomic E-state index is 4.13. The van der Waals surface area contributed by atoms with E-state index in [0.717, 1.165) is 23.6 Å². The van der Waals surface area contributed by atoms with Gasteiger partial charge in [-0.25, -0.2) is 0 Å². The monoisotopic (exact) mass is 276 g/mol. The molecule has 0 radical (unpaired) electrons. The highest BCUT2D eigenvalue weighted by atomic mass is 32.2. The Kier molecular flexibility index (Phi) is 5.27. The van der Waals surface area contributed by atoms with E-state index in [1.165, 1.54) is 18.6 Å². The molecule has 102 valence electrons. The van der Waals surface area contributed by atoms with Gasteiger partial charge in [0.05, 0.1) is 0 Å². The summed E-state index contributed by atoms with van der Waals surface area (Å²) in [5.74, 6) is 2.13. The van der Waals surface area contributed by atoms with Crippen molar-refractivity contribution in [3.63, 3.8) is 0 Å². The van der Waals surface area contributed by atoms with E-state index in [-0.39, 0.29) is 0 Å². The Bertz CT molecular complexity index is 510. The van der Waals surface area contributed by atoms with Crippen LogP contribution >= 0.6 is 11.8 Å². The molecule has 0 spiro atoms. The van der Waals surface area contributed by atoms with Gasteiger partial charge in [-0.3, -0.25) is 0 Å². The second-order valence-electron chi connectivity index (χ2n) is 4.47. The van der Waals surface area contributed by atoms with Crippen LogP contribution in [0.15, 0.2) is 30.6 Å². The van der Waals surface area contributed by atoms with Gasteiger partial charge >= 0.3 is 0 Å². The largest absolute Gasteiger partial charge is 0.385 e. The smallest absolute Gasteiger partial charge is 0.163 e. The fourth-order valence-electron chi connectivity index (χ4n) is 1.92. The number of aryl methyl sites for hydroxylation is 1. The second-order valence-corrected chi connectivity index (χ2v) is 5.46. The zero-order valence-corrected chi connectivity index (χ0v) is 12.3. The molecule has 1 heterocycles. The van der Waals surface area contributed by atoms with Crippen LogP contribution in [0.2, 0.25) is 0 Å². The fourth-order valence-corrected chi connectivity index (χ4v) is 2.41. The summed E-state index contributed by atoms with van der Waals surface area (Å²) < 4.78 is 1.93. The van der Waals surface area contributed by atoms with E-state index in [1.807, 2.05) is 29.4 Å². The number of nitrogens with zero attached hydrogens (tertiary/aromatic N) is 3. The Morgan fingerprint density at radius 3 is 2.95 bits per heavy atom. The minimum atomic E-state index is 0.894. The van der Waals surface area contributed by atoms with Gasteiger partial charge in [0.2, 0.25) is 0 Å². The van der Waals surface area contributed by atoms with E-state index in [0.29, 0.717) is 0 Å². The number of hydrogen-bond donors (Lipinski definition) is 1. The minimum Gasteiger partial charge on any atom is -0.385 e. The number of anilines is 1. The van der Waals surface area contributed by atoms with Gasteiger partial charge in [0.1, 0.15) is 6.33 Å². The third-order valence-electron chi connectivity index (χ3n) is 2.94. The number of unbranched alkanes of at least 4 members (excludes halogenated alkanes) is 1. The van der Waals surface area contributed by atoms with E-state index < -0.39 is 0 Å². The lowest BCUT2D eigenvalue weighted by molar-refractivity contribution is 0.843. The molecule has 0 saturated heterocycles. The third-order valence-corrected chi connectivity index (χ3v) is 3.63. The van der Waals surface area contributed by atoms with Gasteiger partial charge in [0, 0.05) is 24.8 Å². The molecule has 5 heteroatoms. The number of benzene rings is 1. The summed E-state index contributed by atoms with van der Waals surface area (Å²) in [5.41, 5.74) is 2.23. The van der Waals surface area contributed by atoms with Gasteiger partial charge in [-0.2, -0.15) is 11.8 Å².